The number of aliphatic carboxylic acids is 1. The van der Waals surface area contributed by atoms with Gasteiger partial charge in [-0.2, -0.15) is 4.72 Å². The molecule has 0 aromatic heterocycles. The van der Waals surface area contributed by atoms with Gasteiger partial charge in [-0.05, 0) is 30.0 Å². The summed E-state index contributed by atoms with van der Waals surface area (Å²) in [7, 11) is -3.75. The van der Waals surface area contributed by atoms with Crippen LogP contribution >= 0.6 is 15.9 Å². The molecule has 0 saturated heterocycles. The molecule has 0 amide bonds. The molecule has 5 nitrogen and oxygen atoms in total. The summed E-state index contributed by atoms with van der Waals surface area (Å²) in [6.45, 7) is 1.44. The predicted molar refractivity (Wildman–Crippen MR) is 76.1 cm³/mol. The molecule has 19 heavy (non-hydrogen) atoms. The topological polar surface area (TPSA) is 83.5 Å². The number of sulfonamides is 1. The first kappa shape index (κ1) is 16.1. The first-order chi connectivity index (χ1) is 8.86. The van der Waals surface area contributed by atoms with Crippen molar-refractivity contribution in [3.05, 3.63) is 29.8 Å². The number of carboxylic acid groups (broad SMARTS) is 1. The fourth-order valence-electron chi connectivity index (χ4n) is 1.55. The van der Waals surface area contributed by atoms with Crippen LogP contribution in [0.4, 0.5) is 0 Å². The first-order valence-corrected chi connectivity index (χ1v) is 8.34. The Labute approximate surface area is 121 Å². The smallest absolute Gasteiger partial charge is 0.318 e. The van der Waals surface area contributed by atoms with Crippen molar-refractivity contribution in [1.29, 1.82) is 0 Å². The molecule has 0 bridgehead atoms. The Balaban J connectivity index is 2.83. The maximum atomic E-state index is 11.8. The maximum absolute atomic E-state index is 11.8. The molecule has 1 rings (SSSR count). The lowest BCUT2D eigenvalue weighted by atomic mass is 9.99. The molecule has 0 aliphatic carbocycles. The third kappa shape index (κ3) is 4.93. The van der Waals surface area contributed by atoms with Gasteiger partial charge in [0.2, 0.25) is 10.0 Å². The monoisotopic (exact) mass is 349 g/mol. The molecule has 106 valence electrons. The normalized spacial score (nSPS) is 13.2. The third-order valence-electron chi connectivity index (χ3n) is 2.71. The van der Waals surface area contributed by atoms with Crippen molar-refractivity contribution in [1.82, 2.24) is 4.72 Å². The van der Waals surface area contributed by atoms with Gasteiger partial charge < -0.3 is 5.11 Å². The second-order valence-corrected chi connectivity index (χ2v) is 6.73. The van der Waals surface area contributed by atoms with Crippen LogP contribution in [0.15, 0.2) is 29.2 Å². The number of hydrogen-bond donors (Lipinski definition) is 2. The van der Waals surface area contributed by atoms with Gasteiger partial charge in [-0.1, -0.05) is 35.0 Å². The summed E-state index contributed by atoms with van der Waals surface area (Å²) in [5.41, 5.74) is 1.05. The van der Waals surface area contributed by atoms with Crippen LogP contribution in [0.3, 0.4) is 0 Å². The standard InChI is InChI=1S/C12H16BrNO4S/c1-9(6-7-13)10-2-4-11(5-3-10)19(17,18)14-8-12(15)16/h2-5,9,14H,6-8H2,1H3,(H,15,16). The van der Waals surface area contributed by atoms with Crippen LogP contribution in [-0.4, -0.2) is 31.4 Å². The zero-order chi connectivity index (χ0) is 14.5. The highest BCUT2D eigenvalue weighted by molar-refractivity contribution is 9.09. The molecule has 0 spiro atoms. The first-order valence-electron chi connectivity index (χ1n) is 5.74. The molecule has 1 unspecified atom stereocenters. The van der Waals surface area contributed by atoms with E-state index in [1.54, 1.807) is 12.1 Å². The van der Waals surface area contributed by atoms with Crippen molar-refractivity contribution in [3.63, 3.8) is 0 Å². The van der Waals surface area contributed by atoms with Crippen LogP contribution in [0.2, 0.25) is 0 Å². The third-order valence-corrected chi connectivity index (χ3v) is 4.59. The maximum Gasteiger partial charge on any atom is 0.318 e. The lowest BCUT2D eigenvalue weighted by Gasteiger charge is -2.11. The molecule has 1 atom stereocenters. The van der Waals surface area contributed by atoms with Crippen molar-refractivity contribution in [2.24, 2.45) is 0 Å². The van der Waals surface area contributed by atoms with E-state index in [1.165, 1.54) is 12.1 Å². The van der Waals surface area contributed by atoms with Gasteiger partial charge in [0, 0.05) is 5.33 Å². The van der Waals surface area contributed by atoms with E-state index < -0.39 is 22.5 Å². The lowest BCUT2D eigenvalue weighted by Crippen LogP contribution is -2.29. The number of carboxylic acids is 1. The van der Waals surface area contributed by atoms with Crippen LogP contribution in [0.5, 0.6) is 0 Å². The van der Waals surface area contributed by atoms with Crippen LogP contribution in [0.25, 0.3) is 0 Å². The molecule has 0 fully saturated rings. The molecule has 7 heteroatoms. The highest BCUT2D eigenvalue weighted by Gasteiger charge is 2.15. The SMILES string of the molecule is CC(CCBr)c1ccc(S(=O)(=O)NCC(=O)O)cc1. The van der Waals surface area contributed by atoms with Gasteiger partial charge >= 0.3 is 5.97 Å². The quantitative estimate of drug-likeness (QED) is 0.736. The van der Waals surface area contributed by atoms with E-state index in [0.717, 1.165) is 17.3 Å². The summed E-state index contributed by atoms with van der Waals surface area (Å²) in [5.74, 6) is -0.880. The van der Waals surface area contributed by atoms with E-state index in [-0.39, 0.29) is 4.90 Å². The summed E-state index contributed by atoms with van der Waals surface area (Å²) >= 11 is 3.37. The fraction of sp³-hybridized carbons (Fsp3) is 0.417. The largest absolute Gasteiger partial charge is 0.480 e. The van der Waals surface area contributed by atoms with Gasteiger partial charge in [-0.3, -0.25) is 4.79 Å². The number of nitrogens with one attached hydrogen (secondary N) is 1. The van der Waals surface area contributed by atoms with Crippen LogP contribution in [0.1, 0.15) is 24.8 Å². The molecule has 0 aliphatic rings. The fourth-order valence-corrected chi connectivity index (χ4v) is 3.21. The number of benzene rings is 1. The van der Waals surface area contributed by atoms with Crippen LogP contribution in [0, 0.1) is 0 Å². The van der Waals surface area contributed by atoms with Gasteiger partial charge in [0.25, 0.3) is 0 Å². The molecule has 0 heterocycles. The van der Waals surface area contributed by atoms with Crippen molar-refractivity contribution in [3.8, 4) is 0 Å². The van der Waals surface area contributed by atoms with Crippen LogP contribution < -0.4 is 4.72 Å². The van der Waals surface area contributed by atoms with Crippen molar-refractivity contribution in [2.45, 2.75) is 24.2 Å². The van der Waals surface area contributed by atoms with E-state index in [9.17, 15) is 13.2 Å². The van der Waals surface area contributed by atoms with Gasteiger partial charge in [0.1, 0.15) is 6.54 Å². The second-order valence-electron chi connectivity index (χ2n) is 4.17. The molecule has 0 saturated carbocycles. The lowest BCUT2D eigenvalue weighted by molar-refractivity contribution is -0.135. The highest BCUT2D eigenvalue weighted by Crippen LogP contribution is 2.21. The zero-order valence-electron chi connectivity index (χ0n) is 10.5. The highest BCUT2D eigenvalue weighted by atomic mass is 79.9. The van der Waals surface area contributed by atoms with E-state index in [0.29, 0.717) is 5.92 Å². The Morgan fingerprint density at radius 3 is 2.42 bits per heavy atom. The Morgan fingerprint density at radius 1 is 1.37 bits per heavy atom. The molecule has 2 N–H and O–H groups in total. The Hall–Kier alpha value is -0.920. The van der Waals surface area contributed by atoms with E-state index >= 15 is 0 Å². The summed E-state index contributed by atoms with van der Waals surface area (Å²) < 4.78 is 25.5. The Kier molecular flexibility index (Phi) is 5.96. The summed E-state index contributed by atoms with van der Waals surface area (Å²) in [6, 6.07) is 6.49. The number of alkyl halides is 1. The van der Waals surface area contributed by atoms with Gasteiger partial charge in [-0.25, -0.2) is 8.42 Å². The molecule has 1 aromatic carbocycles. The van der Waals surface area contributed by atoms with Crippen molar-refractivity contribution >= 4 is 31.9 Å². The predicted octanol–water partition coefficient (Wildman–Crippen LogP) is 1.94. The number of hydrogen-bond acceptors (Lipinski definition) is 3. The van der Waals surface area contributed by atoms with Crippen LogP contribution in [-0.2, 0) is 14.8 Å². The van der Waals surface area contributed by atoms with Crippen molar-refractivity contribution < 1.29 is 18.3 Å². The Bertz CT molecular complexity index is 527. The van der Waals surface area contributed by atoms with E-state index in [1.807, 2.05) is 4.72 Å². The minimum Gasteiger partial charge on any atom is -0.480 e. The van der Waals surface area contributed by atoms with Gasteiger partial charge in [0.05, 0.1) is 4.90 Å². The second kappa shape index (κ2) is 7.02. The minimum absolute atomic E-state index is 0.0727. The summed E-state index contributed by atoms with van der Waals surface area (Å²) in [6.07, 6.45) is 0.962. The zero-order valence-corrected chi connectivity index (χ0v) is 12.9. The van der Waals surface area contributed by atoms with E-state index in [2.05, 4.69) is 22.9 Å². The molecule has 1 aromatic rings. The molecular formula is C12H16BrNO4S. The van der Waals surface area contributed by atoms with Gasteiger partial charge in [0.15, 0.2) is 0 Å². The number of rotatable bonds is 7. The van der Waals surface area contributed by atoms with Gasteiger partial charge in [-0.15, -0.1) is 0 Å². The molecule has 0 aliphatic heterocycles. The number of halogens is 1. The Morgan fingerprint density at radius 2 is 1.95 bits per heavy atom. The average Bonchev–Trinajstić information content (AvgIpc) is 2.37. The minimum atomic E-state index is -3.75. The number of carbonyl (C=O) groups is 1. The summed E-state index contributed by atoms with van der Waals surface area (Å²) in [4.78, 5) is 10.4. The van der Waals surface area contributed by atoms with E-state index in [4.69, 9.17) is 5.11 Å². The average molecular weight is 350 g/mol. The van der Waals surface area contributed by atoms with Crippen molar-refractivity contribution in [2.75, 3.05) is 11.9 Å². The molecular weight excluding hydrogens is 334 g/mol. The molecule has 0 radical (unpaired) electrons. The summed E-state index contributed by atoms with van der Waals surface area (Å²) in [5, 5.41) is 9.35.